The summed E-state index contributed by atoms with van der Waals surface area (Å²) in [6.07, 6.45) is -1.77. The van der Waals surface area contributed by atoms with Gasteiger partial charge in [-0.15, -0.1) is 0 Å². The second-order valence-corrected chi connectivity index (χ2v) is 8.85. The van der Waals surface area contributed by atoms with Gasteiger partial charge in [-0.25, -0.2) is 0 Å². The third-order valence-corrected chi connectivity index (χ3v) is 5.65. The molecule has 0 saturated carbocycles. The van der Waals surface area contributed by atoms with E-state index in [4.69, 9.17) is 9.47 Å². The number of methoxy groups -OCH3 is 1. The van der Waals surface area contributed by atoms with Crippen molar-refractivity contribution in [2.75, 3.05) is 26.8 Å². The lowest BCUT2D eigenvalue weighted by Crippen LogP contribution is -2.46. The lowest BCUT2D eigenvalue weighted by atomic mass is 9.67. The average molecular weight is 387 g/mol. The van der Waals surface area contributed by atoms with Crippen molar-refractivity contribution in [3.05, 3.63) is 29.8 Å². The molecule has 1 atom stereocenters. The Morgan fingerprint density at radius 1 is 1.15 bits per heavy atom. The molecule has 1 aromatic carbocycles. The number of halogens is 3. The maximum atomic E-state index is 13.1. The van der Waals surface area contributed by atoms with Crippen LogP contribution in [0.2, 0.25) is 0 Å². The number of ether oxygens (including phenoxy) is 2. The molecule has 0 bridgehead atoms. The van der Waals surface area contributed by atoms with E-state index in [9.17, 15) is 13.2 Å². The Labute approximate surface area is 160 Å². The Hall–Kier alpha value is -1.27. The van der Waals surface area contributed by atoms with Crippen LogP contribution < -0.4 is 10.1 Å². The molecular weight excluding hydrogens is 355 g/mol. The maximum Gasteiger partial charge on any atom is 0.395 e. The Balaban J connectivity index is 2.11. The van der Waals surface area contributed by atoms with E-state index in [0.717, 1.165) is 25.0 Å². The highest BCUT2D eigenvalue weighted by molar-refractivity contribution is 5.33. The van der Waals surface area contributed by atoms with E-state index in [-0.39, 0.29) is 17.6 Å². The highest BCUT2D eigenvalue weighted by Crippen LogP contribution is 2.44. The van der Waals surface area contributed by atoms with Crippen LogP contribution in [0.1, 0.15) is 52.5 Å². The van der Waals surface area contributed by atoms with Crippen LogP contribution in [0.5, 0.6) is 5.75 Å². The van der Waals surface area contributed by atoms with Crippen LogP contribution in [0, 0.1) is 5.41 Å². The first-order chi connectivity index (χ1) is 12.4. The maximum absolute atomic E-state index is 13.1. The molecular formula is C21H32F3NO2. The van der Waals surface area contributed by atoms with Crippen LogP contribution in [0.4, 0.5) is 13.2 Å². The standard InChI is InChI=1S/C21H32F3NO2/c1-18(2,21(22,23)24)15-25-12-10-20(11-13-27-19(3,4)14-20)16-6-8-17(26-5)9-7-16/h6-9,25H,10-15H2,1-5H3/t20-/m1/s1. The largest absolute Gasteiger partial charge is 0.497 e. The van der Waals surface area contributed by atoms with Crippen molar-refractivity contribution in [2.45, 2.75) is 64.1 Å². The first-order valence-corrected chi connectivity index (χ1v) is 9.47. The first kappa shape index (κ1) is 22.0. The summed E-state index contributed by atoms with van der Waals surface area (Å²) in [4.78, 5) is 0. The van der Waals surface area contributed by atoms with E-state index in [0.29, 0.717) is 13.2 Å². The normalized spacial score (nSPS) is 23.3. The molecule has 0 amide bonds. The third-order valence-electron chi connectivity index (χ3n) is 5.65. The Morgan fingerprint density at radius 3 is 2.30 bits per heavy atom. The van der Waals surface area contributed by atoms with Crippen molar-refractivity contribution in [1.82, 2.24) is 5.32 Å². The minimum Gasteiger partial charge on any atom is -0.497 e. The molecule has 2 rings (SSSR count). The quantitative estimate of drug-likeness (QED) is 0.661. The molecule has 1 aromatic rings. The van der Waals surface area contributed by atoms with E-state index in [2.05, 4.69) is 31.3 Å². The predicted octanol–water partition coefficient (Wildman–Crippen LogP) is 5.09. The molecule has 0 unspecified atom stereocenters. The van der Waals surface area contributed by atoms with Gasteiger partial charge < -0.3 is 14.8 Å². The fourth-order valence-corrected chi connectivity index (χ4v) is 3.85. The monoisotopic (exact) mass is 387 g/mol. The van der Waals surface area contributed by atoms with Gasteiger partial charge in [-0.2, -0.15) is 13.2 Å². The average Bonchev–Trinajstić information content (AvgIpc) is 2.57. The number of nitrogens with one attached hydrogen (secondary N) is 1. The molecule has 1 aliphatic heterocycles. The number of hydrogen-bond acceptors (Lipinski definition) is 3. The van der Waals surface area contributed by atoms with Gasteiger partial charge in [0.15, 0.2) is 0 Å². The van der Waals surface area contributed by atoms with Crippen molar-refractivity contribution in [1.29, 1.82) is 0 Å². The van der Waals surface area contributed by atoms with E-state index >= 15 is 0 Å². The molecule has 0 aliphatic carbocycles. The SMILES string of the molecule is COc1ccc([C@]2(CCNCC(C)(C)C(F)(F)F)CCOC(C)(C)C2)cc1. The smallest absolute Gasteiger partial charge is 0.395 e. The number of rotatable bonds is 7. The third kappa shape index (κ3) is 5.38. The fraction of sp³-hybridized carbons (Fsp3) is 0.714. The molecule has 154 valence electrons. The minimum atomic E-state index is -4.21. The summed E-state index contributed by atoms with van der Waals surface area (Å²) < 4.78 is 50.3. The molecule has 6 heteroatoms. The highest BCUT2D eigenvalue weighted by Gasteiger charge is 2.47. The Bertz CT molecular complexity index is 611. The molecule has 1 heterocycles. The van der Waals surface area contributed by atoms with Gasteiger partial charge in [-0.3, -0.25) is 0 Å². The van der Waals surface area contributed by atoms with Crippen molar-refractivity contribution < 1.29 is 22.6 Å². The Morgan fingerprint density at radius 2 is 1.78 bits per heavy atom. The molecule has 3 nitrogen and oxygen atoms in total. The topological polar surface area (TPSA) is 30.5 Å². The van der Waals surface area contributed by atoms with Crippen LogP contribution in [0.25, 0.3) is 0 Å². The molecule has 0 spiro atoms. The molecule has 27 heavy (non-hydrogen) atoms. The number of benzene rings is 1. The van der Waals surface area contributed by atoms with Gasteiger partial charge in [0, 0.05) is 18.6 Å². The second kappa shape index (κ2) is 8.00. The van der Waals surface area contributed by atoms with Crippen LogP contribution in [0.3, 0.4) is 0 Å². The molecule has 1 fully saturated rings. The molecule has 1 N–H and O–H groups in total. The van der Waals surface area contributed by atoms with Gasteiger partial charge in [-0.05, 0) is 71.2 Å². The van der Waals surface area contributed by atoms with E-state index in [1.807, 2.05) is 12.1 Å². The predicted molar refractivity (Wildman–Crippen MR) is 101 cm³/mol. The summed E-state index contributed by atoms with van der Waals surface area (Å²) in [5.74, 6) is 0.797. The van der Waals surface area contributed by atoms with Gasteiger partial charge in [-0.1, -0.05) is 12.1 Å². The summed E-state index contributed by atoms with van der Waals surface area (Å²) in [5.41, 5.74) is -0.932. The minimum absolute atomic E-state index is 0.0882. The zero-order valence-corrected chi connectivity index (χ0v) is 17.0. The summed E-state index contributed by atoms with van der Waals surface area (Å²) in [6, 6.07) is 8.03. The molecule has 0 radical (unpaired) electrons. The van der Waals surface area contributed by atoms with E-state index in [1.54, 1.807) is 7.11 Å². The van der Waals surface area contributed by atoms with Crippen molar-refractivity contribution in [3.8, 4) is 5.75 Å². The second-order valence-electron chi connectivity index (χ2n) is 8.85. The fourth-order valence-electron chi connectivity index (χ4n) is 3.85. The highest BCUT2D eigenvalue weighted by atomic mass is 19.4. The lowest BCUT2D eigenvalue weighted by Gasteiger charge is -2.46. The number of alkyl halides is 3. The van der Waals surface area contributed by atoms with Crippen molar-refractivity contribution >= 4 is 0 Å². The number of hydrogen-bond donors (Lipinski definition) is 1. The molecule has 1 aliphatic rings. The molecule has 0 aromatic heterocycles. The summed E-state index contributed by atoms with van der Waals surface area (Å²) >= 11 is 0. The van der Waals surface area contributed by atoms with Gasteiger partial charge >= 0.3 is 6.18 Å². The van der Waals surface area contributed by atoms with Crippen LogP contribution in [-0.2, 0) is 10.2 Å². The Kier molecular flexibility index (Phi) is 6.52. The van der Waals surface area contributed by atoms with Gasteiger partial charge in [0.05, 0.1) is 18.1 Å². The van der Waals surface area contributed by atoms with Gasteiger partial charge in [0.2, 0.25) is 0 Å². The summed E-state index contributed by atoms with van der Waals surface area (Å²) in [6.45, 7) is 7.70. The summed E-state index contributed by atoms with van der Waals surface area (Å²) in [7, 11) is 1.63. The first-order valence-electron chi connectivity index (χ1n) is 9.47. The van der Waals surface area contributed by atoms with Crippen molar-refractivity contribution in [3.63, 3.8) is 0 Å². The summed E-state index contributed by atoms with van der Waals surface area (Å²) in [5, 5.41) is 3.04. The van der Waals surface area contributed by atoms with Crippen LogP contribution in [0.15, 0.2) is 24.3 Å². The van der Waals surface area contributed by atoms with E-state index in [1.165, 1.54) is 19.4 Å². The lowest BCUT2D eigenvalue weighted by molar-refractivity contribution is -0.209. The van der Waals surface area contributed by atoms with Gasteiger partial charge in [0.25, 0.3) is 0 Å². The van der Waals surface area contributed by atoms with E-state index < -0.39 is 11.6 Å². The van der Waals surface area contributed by atoms with Gasteiger partial charge in [0.1, 0.15) is 5.75 Å². The zero-order valence-electron chi connectivity index (χ0n) is 17.0. The molecule has 1 saturated heterocycles. The van der Waals surface area contributed by atoms with Crippen LogP contribution in [-0.4, -0.2) is 38.6 Å². The zero-order chi connectivity index (χ0) is 20.3. The van der Waals surface area contributed by atoms with Crippen molar-refractivity contribution in [2.24, 2.45) is 5.41 Å². The van der Waals surface area contributed by atoms with Crippen LogP contribution >= 0.6 is 0 Å².